The largest absolute Gasteiger partial charge is 2.00 e. The van der Waals surface area contributed by atoms with Crippen molar-refractivity contribution in [2.24, 2.45) is 7.05 Å². The summed E-state index contributed by atoms with van der Waals surface area (Å²) in [5, 5.41) is 2.48. The van der Waals surface area contributed by atoms with E-state index in [1.54, 1.807) is 0 Å². The van der Waals surface area contributed by atoms with E-state index in [2.05, 4.69) is 99.9 Å². The van der Waals surface area contributed by atoms with Crippen LogP contribution >= 0.6 is 0 Å². The van der Waals surface area contributed by atoms with E-state index in [1.807, 2.05) is 55.8 Å². The fourth-order valence-corrected chi connectivity index (χ4v) is 6.11. The summed E-state index contributed by atoms with van der Waals surface area (Å²) in [6.07, 6.45) is 3.85. The monoisotopic (exact) mass is 711 g/mol. The summed E-state index contributed by atoms with van der Waals surface area (Å²) >= 11 is 0. The van der Waals surface area contributed by atoms with E-state index in [0.717, 1.165) is 29.2 Å². The molecule has 0 fully saturated rings. The maximum absolute atomic E-state index is 5.32. The quantitative estimate of drug-likeness (QED) is 0.218. The summed E-state index contributed by atoms with van der Waals surface area (Å²) in [7, 11) is 2.04. The Bertz CT molecular complexity index is 1950. The molecule has 4 heterocycles. The zero-order valence-electron chi connectivity index (χ0n) is 23.0. The summed E-state index contributed by atoms with van der Waals surface area (Å²) in [6, 6.07) is 40.6. The van der Waals surface area contributed by atoms with E-state index >= 15 is 0 Å². The number of pyridine rings is 1. The number of imidazole rings is 1. The normalized spacial score (nSPS) is 11.5. The van der Waals surface area contributed by atoms with Crippen LogP contribution in [0.5, 0.6) is 0 Å². The molecule has 3 aromatic heterocycles. The Morgan fingerprint density at radius 2 is 1.41 bits per heavy atom. The molecule has 4 aromatic carbocycles. The Balaban J connectivity index is 0.000000387. The van der Waals surface area contributed by atoms with E-state index in [1.165, 1.54) is 38.3 Å². The molecular weight excluding hydrogens is 682 g/mol. The standard InChI is InChI=1S/C29H23BN4.C6H6.Pt/c1-3-34-26-11-7-5-9-22(26)23-14-15-27(32-29(23)34)30-24-10-6-4-8-20(24)21-13-12-19(18-25(21)30)28-31-16-17-33(28)2;1-2-4-6-5-3-1;/h4-18H,3H2,1-2H3;1-6H;/q;;+2. The zero-order chi connectivity index (χ0) is 27.1. The van der Waals surface area contributed by atoms with Gasteiger partial charge in [0.05, 0.1) is 5.52 Å². The van der Waals surface area contributed by atoms with Crippen molar-refractivity contribution in [3.05, 3.63) is 128 Å². The van der Waals surface area contributed by atoms with Gasteiger partial charge in [-0.3, -0.25) is 0 Å². The number of rotatable bonds is 3. The fraction of sp³-hybridized carbons (Fsp3) is 0.0857. The first-order valence-electron chi connectivity index (χ1n) is 13.8. The van der Waals surface area contributed by atoms with Crippen molar-refractivity contribution in [1.29, 1.82) is 0 Å². The Kier molecular flexibility index (Phi) is 7.47. The van der Waals surface area contributed by atoms with Crippen LogP contribution in [-0.2, 0) is 34.7 Å². The summed E-state index contributed by atoms with van der Waals surface area (Å²) < 4.78 is 4.41. The van der Waals surface area contributed by atoms with Gasteiger partial charge in [-0.25, -0.2) is 9.97 Å². The number of nitrogens with zero attached hydrogens (tertiary/aromatic N) is 4. The molecule has 1 aliphatic rings. The van der Waals surface area contributed by atoms with Crippen molar-refractivity contribution in [2.75, 3.05) is 0 Å². The molecule has 1 aliphatic heterocycles. The molecule has 7 aromatic rings. The summed E-state index contributed by atoms with van der Waals surface area (Å²) in [4.78, 5) is 9.91. The molecular formula is C35H29BN4Pt+2. The van der Waals surface area contributed by atoms with Crippen LogP contribution in [0.15, 0.2) is 128 Å². The van der Waals surface area contributed by atoms with Gasteiger partial charge in [-0.15, -0.1) is 0 Å². The maximum atomic E-state index is 5.32. The molecule has 0 radical (unpaired) electrons. The molecule has 0 N–H and O–H groups in total. The minimum Gasteiger partial charge on any atom is -0.334 e. The third-order valence-corrected chi connectivity index (χ3v) is 7.92. The smallest absolute Gasteiger partial charge is 0.334 e. The first-order chi connectivity index (χ1) is 19.7. The van der Waals surface area contributed by atoms with Gasteiger partial charge >= 0.3 is 21.1 Å². The molecule has 0 saturated carbocycles. The molecule has 0 amide bonds. The number of aromatic nitrogens is 4. The van der Waals surface area contributed by atoms with Crippen LogP contribution < -0.4 is 16.5 Å². The second-order valence-corrected chi connectivity index (χ2v) is 10.2. The molecule has 6 heteroatoms. The second-order valence-electron chi connectivity index (χ2n) is 10.2. The molecule has 8 rings (SSSR count). The van der Waals surface area contributed by atoms with Crippen molar-refractivity contribution in [3.63, 3.8) is 0 Å². The summed E-state index contributed by atoms with van der Waals surface area (Å²) in [6.45, 7) is 3.18. The minimum atomic E-state index is 0. The number of fused-ring (bicyclic) bond motifs is 6. The molecule has 0 spiro atoms. The van der Waals surface area contributed by atoms with Crippen LogP contribution in [-0.4, -0.2) is 25.8 Å². The van der Waals surface area contributed by atoms with Gasteiger partial charge in [0.15, 0.2) is 0 Å². The van der Waals surface area contributed by atoms with E-state index in [4.69, 9.17) is 4.98 Å². The van der Waals surface area contributed by atoms with E-state index in [-0.39, 0.29) is 27.8 Å². The summed E-state index contributed by atoms with van der Waals surface area (Å²) in [5.41, 5.74) is 9.74. The molecule has 0 aliphatic carbocycles. The second kappa shape index (κ2) is 11.3. The zero-order valence-corrected chi connectivity index (χ0v) is 25.3. The van der Waals surface area contributed by atoms with Crippen LogP contribution in [0.2, 0.25) is 0 Å². The van der Waals surface area contributed by atoms with Gasteiger partial charge in [0.2, 0.25) is 0 Å². The fourth-order valence-electron chi connectivity index (χ4n) is 6.11. The van der Waals surface area contributed by atoms with Gasteiger partial charge in [-0.2, -0.15) is 0 Å². The molecule has 0 saturated heterocycles. The summed E-state index contributed by atoms with van der Waals surface area (Å²) in [5.74, 6) is 0.979. The Hall–Kier alpha value is -4.21. The molecule has 200 valence electrons. The number of hydrogen-bond donors (Lipinski definition) is 0. The van der Waals surface area contributed by atoms with E-state index in [9.17, 15) is 0 Å². The topological polar surface area (TPSA) is 35.6 Å². The predicted octanol–water partition coefficient (Wildman–Crippen LogP) is 5.79. The van der Waals surface area contributed by atoms with Gasteiger partial charge in [0.25, 0.3) is 6.71 Å². The molecule has 0 atom stereocenters. The molecule has 4 nitrogen and oxygen atoms in total. The third kappa shape index (κ3) is 4.65. The van der Waals surface area contributed by atoms with Gasteiger partial charge in [-0.1, -0.05) is 108 Å². The average molecular weight is 712 g/mol. The van der Waals surface area contributed by atoms with Gasteiger partial charge in [0.1, 0.15) is 11.5 Å². The Morgan fingerprint density at radius 3 is 2.15 bits per heavy atom. The number of benzene rings is 4. The van der Waals surface area contributed by atoms with Crippen LogP contribution in [0.4, 0.5) is 0 Å². The Morgan fingerprint density at radius 1 is 0.707 bits per heavy atom. The maximum Gasteiger partial charge on any atom is 2.00 e. The first-order valence-corrected chi connectivity index (χ1v) is 13.8. The number of para-hydroxylation sites is 1. The van der Waals surface area contributed by atoms with Crippen LogP contribution in [0.1, 0.15) is 6.92 Å². The molecule has 0 bridgehead atoms. The SMILES string of the molecule is CCn1c2ccccc2c2ccc(B3c4ccccc4-c4ccc(-c5nccn5C)cc43)nc21.[Pt+2].c1ccccc1. The van der Waals surface area contributed by atoms with Gasteiger partial charge < -0.3 is 9.13 Å². The van der Waals surface area contributed by atoms with Crippen LogP contribution in [0.3, 0.4) is 0 Å². The number of aryl methyl sites for hydroxylation is 2. The van der Waals surface area contributed by atoms with E-state index < -0.39 is 0 Å². The van der Waals surface area contributed by atoms with Crippen molar-refractivity contribution in [2.45, 2.75) is 13.5 Å². The van der Waals surface area contributed by atoms with E-state index in [0.29, 0.717) is 0 Å². The third-order valence-electron chi connectivity index (χ3n) is 7.92. The van der Waals surface area contributed by atoms with Crippen LogP contribution in [0.25, 0.3) is 44.5 Å². The van der Waals surface area contributed by atoms with Crippen molar-refractivity contribution in [3.8, 4) is 22.5 Å². The molecule has 41 heavy (non-hydrogen) atoms. The van der Waals surface area contributed by atoms with Crippen molar-refractivity contribution in [1.82, 2.24) is 19.1 Å². The van der Waals surface area contributed by atoms with Crippen LogP contribution in [0, 0.1) is 0 Å². The van der Waals surface area contributed by atoms with Crippen molar-refractivity contribution >= 4 is 45.2 Å². The van der Waals surface area contributed by atoms with Gasteiger partial charge in [-0.05, 0) is 36.2 Å². The average Bonchev–Trinajstić information content (AvgIpc) is 3.69. The van der Waals surface area contributed by atoms with Crippen molar-refractivity contribution < 1.29 is 21.1 Å². The molecule has 0 unspecified atom stereocenters. The predicted molar refractivity (Wildman–Crippen MR) is 168 cm³/mol. The Labute approximate surface area is 255 Å². The minimum absolute atomic E-state index is 0. The van der Waals surface area contributed by atoms with Gasteiger partial charge in [0, 0.05) is 47.9 Å². The first kappa shape index (κ1) is 27.0. The number of hydrogen-bond acceptors (Lipinski definition) is 2.